The van der Waals surface area contributed by atoms with Crippen LogP contribution >= 0.6 is 0 Å². The van der Waals surface area contributed by atoms with Crippen molar-refractivity contribution in [3.8, 4) is 11.6 Å². The first-order valence-electron chi connectivity index (χ1n) is 10.3. The molecule has 11 heteroatoms. The minimum atomic E-state index is -4.64. The lowest BCUT2D eigenvalue weighted by Crippen LogP contribution is -2.16. The van der Waals surface area contributed by atoms with E-state index in [0.717, 1.165) is 30.7 Å². The van der Waals surface area contributed by atoms with E-state index in [0.29, 0.717) is 24.7 Å². The Labute approximate surface area is 195 Å². The van der Waals surface area contributed by atoms with E-state index in [2.05, 4.69) is 14.7 Å². The molecule has 0 aliphatic rings. The second-order valence-corrected chi connectivity index (χ2v) is 7.44. The minimum Gasteiger partial charge on any atom is -0.477 e. The highest BCUT2D eigenvalue weighted by atomic mass is 19.4. The predicted molar refractivity (Wildman–Crippen MR) is 121 cm³/mol. The molecule has 34 heavy (non-hydrogen) atoms. The minimum absolute atomic E-state index is 0.131. The number of nitrogens with zero attached hydrogens (tertiary/aromatic N) is 3. The normalized spacial score (nSPS) is 11.0. The van der Waals surface area contributed by atoms with Crippen LogP contribution in [0.3, 0.4) is 0 Å². The van der Waals surface area contributed by atoms with E-state index in [1.807, 2.05) is 44.4 Å². The zero-order chi connectivity index (χ0) is 25.1. The highest BCUT2D eigenvalue weighted by Gasteiger charge is 2.30. The lowest BCUT2D eigenvalue weighted by atomic mass is 10.2. The summed E-state index contributed by atoms with van der Waals surface area (Å²) in [5.41, 5.74) is 6.77. The number of hydrogen-bond acceptors (Lipinski definition) is 6. The van der Waals surface area contributed by atoms with Crippen LogP contribution in [-0.4, -0.2) is 59.4 Å². The van der Waals surface area contributed by atoms with Gasteiger partial charge in [-0.2, -0.15) is 0 Å². The van der Waals surface area contributed by atoms with Crippen LogP contribution < -0.4 is 15.2 Å². The van der Waals surface area contributed by atoms with Crippen LogP contribution in [0.1, 0.15) is 22.5 Å². The second kappa shape index (κ2) is 12.5. The van der Waals surface area contributed by atoms with Crippen molar-refractivity contribution < 1.29 is 32.5 Å². The Kier molecular flexibility index (Phi) is 9.75. The van der Waals surface area contributed by atoms with Gasteiger partial charge in [0.2, 0.25) is 5.88 Å². The Morgan fingerprint density at radius 1 is 1.12 bits per heavy atom. The smallest absolute Gasteiger partial charge is 0.477 e. The summed E-state index contributed by atoms with van der Waals surface area (Å²) in [4.78, 5) is 13.4. The molecular formula is C23H27F3N4O4. The van der Waals surface area contributed by atoms with E-state index in [-0.39, 0.29) is 11.4 Å². The van der Waals surface area contributed by atoms with Crippen molar-refractivity contribution in [1.29, 1.82) is 0 Å². The van der Waals surface area contributed by atoms with Gasteiger partial charge in [0, 0.05) is 18.3 Å². The molecule has 3 aromatic rings. The Morgan fingerprint density at radius 3 is 2.32 bits per heavy atom. The molecule has 184 valence electrons. The number of carboxylic acids is 1. The first-order valence-corrected chi connectivity index (χ1v) is 10.3. The largest absolute Gasteiger partial charge is 0.573 e. The Morgan fingerprint density at radius 2 is 1.76 bits per heavy atom. The van der Waals surface area contributed by atoms with Crippen molar-refractivity contribution in [1.82, 2.24) is 14.7 Å². The number of halogens is 3. The van der Waals surface area contributed by atoms with Gasteiger partial charge in [-0.1, -0.05) is 30.3 Å². The van der Waals surface area contributed by atoms with E-state index in [1.54, 1.807) is 0 Å². The molecule has 0 aliphatic carbocycles. The van der Waals surface area contributed by atoms with Crippen LogP contribution in [0, 0.1) is 0 Å². The lowest BCUT2D eigenvalue weighted by molar-refractivity contribution is -0.274. The van der Waals surface area contributed by atoms with Gasteiger partial charge in [0.25, 0.3) is 0 Å². The van der Waals surface area contributed by atoms with Crippen molar-refractivity contribution in [3.05, 3.63) is 71.9 Å². The Balaban J connectivity index is 0.000000287. The third-order valence-corrected chi connectivity index (χ3v) is 4.27. The molecule has 0 aliphatic heterocycles. The number of aromatic nitrogens is 2. The lowest BCUT2D eigenvalue weighted by Gasteiger charge is -2.08. The topological polar surface area (TPSA) is 103 Å². The van der Waals surface area contributed by atoms with Crippen molar-refractivity contribution in [2.24, 2.45) is 0 Å². The summed E-state index contributed by atoms with van der Waals surface area (Å²) in [6.45, 7) is 1.83. The van der Waals surface area contributed by atoms with E-state index >= 15 is 0 Å². The van der Waals surface area contributed by atoms with Gasteiger partial charge < -0.3 is 25.2 Å². The molecule has 3 N–H and O–H groups in total. The van der Waals surface area contributed by atoms with Gasteiger partial charge in [0.15, 0.2) is 5.69 Å². The monoisotopic (exact) mass is 480 g/mol. The third kappa shape index (κ3) is 9.82. The molecule has 0 fully saturated rings. The quantitative estimate of drug-likeness (QED) is 0.351. The number of ether oxygens (including phenoxy) is 2. The van der Waals surface area contributed by atoms with Crippen LogP contribution in [0.4, 0.5) is 18.9 Å². The average molecular weight is 480 g/mol. The number of benzene rings is 2. The molecule has 0 radical (unpaired) electrons. The number of anilines is 1. The van der Waals surface area contributed by atoms with Gasteiger partial charge in [-0.05, 0) is 50.3 Å². The molecule has 0 saturated heterocycles. The molecule has 0 spiro atoms. The second-order valence-electron chi connectivity index (χ2n) is 7.44. The third-order valence-electron chi connectivity index (χ3n) is 4.27. The van der Waals surface area contributed by atoms with E-state index in [9.17, 15) is 23.1 Å². The fourth-order valence-electron chi connectivity index (χ4n) is 2.74. The number of aromatic carboxylic acids is 1. The molecule has 1 heterocycles. The summed E-state index contributed by atoms with van der Waals surface area (Å²) in [6, 6.07) is 16.1. The number of nitrogens with two attached hydrogens (primary N) is 1. The van der Waals surface area contributed by atoms with E-state index < -0.39 is 12.3 Å². The Bertz CT molecular complexity index is 1020. The summed E-state index contributed by atoms with van der Waals surface area (Å²) in [7, 11) is 3.99. The number of carboxylic acid groups (broad SMARTS) is 1. The van der Waals surface area contributed by atoms with Gasteiger partial charge in [0.1, 0.15) is 5.75 Å². The fraction of sp³-hybridized carbons (Fsp3) is 0.304. The molecule has 0 amide bonds. The maximum absolute atomic E-state index is 11.6. The first kappa shape index (κ1) is 26.5. The van der Waals surface area contributed by atoms with Gasteiger partial charge in [0.05, 0.1) is 13.2 Å². The van der Waals surface area contributed by atoms with Crippen molar-refractivity contribution in [2.45, 2.75) is 19.3 Å². The van der Waals surface area contributed by atoms with E-state index in [1.165, 1.54) is 22.9 Å². The van der Waals surface area contributed by atoms with Crippen LogP contribution in [-0.2, 0) is 6.54 Å². The number of alkyl halides is 3. The molecule has 1 aromatic heterocycles. The van der Waals surface area contributed by atoms with Crippen LogP contribution in [0.15, 0.2) is 60.7 Å². The Hall–Kier alpha value is -3.73. The van der Waals surface area contributed by atoms with Gasteiger partial charge in [-0.3, -0.25) is 0 Å². The molecule has 0 atom stereocenters. The number of nitrogen functional groups attached to an aromatic ring is 1. The van der Waals surface area contributed by atoms with Gasteiger partial charge in [-0.25, -0.2) is 9.48 Å². The molecule has 8 nitrogen and oxygen atoms in total. The van der Waals surface area contributed by atoms with E-state index in [4.69, 9.17) is 10.5 Å². The summed E-state index contributed by atoms with van der Waals surface area (Å²) in [5, 5.41) is 13.5. The van der Waals surface area contributed by atoms with Crippen molar-refractivity contribution in [2.75, 3.05) is 33.0 Å². The maximum Gasteiger partial charge on any atom is 0.573 e. The maximum atomic E-state index is 11.6. The van der Waals surface area contributed by atoms with Gasteiger partial charge in [-0.15, -0.1) is 18.3 Å². The van der Waals surface area contributed by atoms with Crippen LogP contribution in [0.25, 0.3) is 0 Å². The zero-order valence-electron chi connectivity index (χ0n) is 18.8. The SMILES string of the molecule is CN(C)CCCOc1cc(C(=O)O)n(Cc2ccccc2)n1.Nc1ccc(OC(F)(F)F)cc1. The summed E-state index contributed by atoms with van der Waals surface area (Å²) < 4.78 is 45.4. The predicted octanol–water partition coefficient (Wildman–Crippen LogP) is 4.13. The van der Waals surface area contributed by atoms with Crippen LogP contribution in [0.5, 0.6) is 11.6 Å². The molecular weight excluding hydrogens is 453 g/mol. The molecule has 0 saturated carbocycles. The highest BCUT2D eigenvalue weighted by molar-refractivity contribution is 5.86. The van der Waals surface area contributed by atoms with Crippen LogP contribution in [0.2, 0.25) is 0 Å². The summed E-state index contributed by atoms with van der Waals surface area (Å²) >= 11 is 0. The summed E-state index contributed by atoms with van der Waals surface area (Å²) in [6.07, 6.45) is -3.78. The number of carbonyl (C=O) groups is 1. The zero-order valence-corrected chi connectivity index (χ0v) is 18.8. The standard InChI is InChI=1S/C16H21N3O3.C7H6F3NO/c1-18(2)9-6-10-22-15-11-14(16(20)21)19(17-15)12-13-7-4-3-5-8-13;8-7(9,10)12-6-3-1-5(11)2-4-6/h3-5,7-8,11H,6,9-10,12H2,1-2H3,(H,20,21);1-4H,11H2. The average Bonchev–Trinajstić information content (AvgIpc) is 3.16. The van der Waals surface area contributed by atoms with Crippen molar-refractivity contribution >= 4 is 11.7 Å². The molecule has 3 rings (SSSR count). The van der Waals surface area contributed by atoms with Crippen molar-refractivity contribution in [3.63, 3.8) is 0 Å². The summed E-state index contributed by atoms with van der Waals surface area (Å²) in [5.74, 6) is -0.921. The number of rotatable bonds is 9. The fourth-order valence-corrected chi connectivity index (χ4v) is 2.74. The molecule has 0 unspecified atom stereocenters. The highest BCUT2D eigenvalue weighted by Crippen LogP contribution is 2.23. The molecule has 0 bridgehead atoms. The first-order chi connectivity index (χ1) is 16.0. The van der Waals surface area contributed by atoms with Gasteiger partial charge >= 0.3 is 12.3 Å². The number of hydrogen-bond donors (Lipinski definition) is 2. The molecule has 2 aromatic carbocycles.